The predicted octanol–water partition coefficient (Wildman–Crippen LogP) is 2.01. The van der Waals surface area contributed by atoms with E-state index in [4.69, 9.17) is 4.74 Å². The van der Waals surface area contributed by atoms with Gasteiger partial charge in [0.05, 0.1) is 23.9 Å². The van der Waals surface area contributed by atoms with Crippen LogP contribution in [0.1, 0.15) is 17.5 Å². The number of aryl methyl sites for hydroxylation is 1. The van der Waals surface area contributed by atoms with E-state index in [0.717, 1.165) is 51.6 Å². The smallest absolute Gasteiger partial charge is 0.151 e. The Hall–Kier alpha value is -1.57. The van der Waals surface area contributed by atoms with Gasteiger partial charge in [0.1, 0.15) is 0 Å². The van der Waals surface area contributed by atoms with E-state index in [2.05, 4.69) is 38.8 Å². The number of hydrogen-bond donors (Lipinski definition) is 0. The van der Waals surface area contributed by atoms with Crippen LogP contribution < -0.4 is 4.90 Å². The lowest BCUT2D eigenvalue weighted by Crippen LogP contribution is -2.48. The average Bonchev–Trinajstić information content (AvgIpc) is 3.04. The molecule has 3 rings (SSSR count). The van der Waals surface area contributed by atoms with Gasteiger partial charge < -0.3 is 9.64 Å². The molecule has 0 spiro atoms. The summed E-state index contributed by atoms with van der Waals surface area (Å²) in [6.07, 6.45) is 2.99. The molecular weight excluding hydrogens is 322 g/mol. The highest BCUT2D eigenvalue weighted by Crippen LogP contribution is 2.16. The predicted molar refractivity (Wildman–Crippen MR) is 96.7 cm³/mol. The third-order valence-electron chi connectivity index (χ3n) is 4.41. The molecule has 0 amide bonds. The molecule has 1 saturated heterocycles. The Morgan fingerprint density at radius 3 is 3.08 bits per heavy atom. The second-order valence-corrected chi connectivity index (χ2v) is 6.96. The minimum atomic E-state index is 0.211. The van der Waals surface area contributed by atoms with Gasteiger partial charge in [0, 0.05) is 43.8 Å². The molecule has 0 bridgehead atoms. The maximum absolute atomic E-state index is 5.98. The van der Waals surface area contributed by atoms with Crippen LogP contribution in [0.4, 0.5) is 5.82 Å². The summed E-state index contributed by atoms with van der Waals surface area (Å²) in [4.78, 5) is 10.5. The van der Waals surface area contributed by atoms with Gasteiger partial charge in [0.2, 0.25) is 0 Å². The van der Waals surface area contributed by atoms with Gasteiger partial charge in [-0.25, -0.2) is 4.98 Å². The van der Waals surface area contributed by atoms with Crippen LogP contribution >= 0.6 is 11.3 Å². The zero-order valence-electron chi connectivity index (χ0n) is 14.4. The molecule has 3 heterocycles. The van der Waals surface area contributed by atoms with Crippen molar-refractivity contribution >= 4 is 17.2 Å². The fraction of sp³-hybridized carbons (Fsp3) is 0.588. The third-order valence-corrected chi connectivity index (χ3v) is 5.41. The zero-order valence-corrected chi connectivity index (χ0v) is 15.2. The molecule has 0 aromatic carbocycles. The monoisotopic (exact) mass is 347 g/mol. The van der Waals surface area contributed by atoms with Crippen LogP contribution in [0.25, 0.3) is 0 Å². The Morgan fingerprint density at radius 1 is 1.46 bits per heavy atom. The fourth-order valence-electron chi connectivity index (χ4n) is 3.01. The number of hydrogen-bond acceptors (Lipinski definition) is 7. The van der Waals surface area contributed by atoms with E-state index in [1.165, 1.54) is 10.6 Å². The first-order valence-electron chi connectivity index (χ1n) is 8.52. The highest BCUT2D eigenvalue weighted by molar-refractivity contribution is 7.09. The van der Waals surface area contributed by atoms with Gasteiger partial charge in [-0.3, -0.25) is 4.90 Å². The van der Waals surface area contributed by atoms with Crippen molar-refractivity contribution < 1.29 is 4.74 Å². The van der Waals surface area contributed by atoms with E-state index < -0.39 is 0 Å². The maximum Gasteiger partial charge on any atom is 0.151 e. The van der Waals surface area contributed by atoms with E-state index in [1.807, 2.05) is 17.6 Å². The molecule has 130 valence electrons. The van der Waals surface area contributed by atoms with Gasteiger partial charge in [-0.1, -0.05) is 0 Å². The molecule has 1 aliphatic rings. The normalized spacial score (nSPS) is 18.7. The summed E-state index contributed by atoms with van der Waals surface area (Å²) in [5.41, 5.74) is 3.11. The first-order valence-corrected chi connectivity index (χ1v) is 9.39. The summed E-state index contributed by atoms with van der Waals surface area (Å²) in [5.74, 6) is 0.918. The second-order valence-electron chi connectivity index (χ2n) is 6.02. The van der Waals surface area contributed by atoms with Crippen molar-refractivity contribution in [1.29, 1.82) is 0 Å². The number of likely N-dealkylation sites (N-methyl/N-ethyl adjacent to an activating group) is 1. The Balaban J connectivity index is 1.52. The summed E-state index contributed by atoms with van der Waals surface area (Å²) in [6, 6.07) is 3.93. The van der Waals surface area contributed by atoms with Crippen LogP contribution in [-0.2, 0) is 11.2 Å². The van der Waals surface area contributed by atoms with Gasteiger partial charge in [-0.2, -0.15) is 5.10 Å². The minimum Gasteiger partial charge on any atom is -0.374 e. The average molecular weight is 347 g/mol. The molecule has 24 heavy (non-hydrogen) atoms. The number of thiazole rings is 1. The van der Waals surface area contributed by atoms with Crippen molar-refractivity contribution in [3.8, 4) is 0 Å². The lowest BCUT2D eigenvalue weighted by Gasteiger charge is -2.35. The number of rotatable bonds is 7. The molecule has 1 aliphatic heterocycles. The van der Waals surface area contributed by atoms with Crippen LogP contribution in [-0.4, -0.2) is 65.5 Å². The Bertz CT molecular complexity index is 620. The summed E-state index contributed by atoms with van der Waals surface area (Å²) in [5, 5.41) is 8.20. The van der Waals surface area contributed by atoms with E-state index in [1.54, 1.807) is 17.5 Å². The van der Waals surface area contributed by atoms with Gasteiger partial charge in [-0.15, -0.1) is 16.4 Å². The SMILES string of the molecule is CCN(C[C@@H]1CN(CCc2scnc2C)CCO1)c1cccnn1. The zero-order chi connectivity index (χ0) is 16.8. The second kappa shape index (κ2) is 8.50. The highest BCUT2D eigenvalue weighted by atomic mass is 32.1. The van der Waals surface area contributed by atoms with E-state index in [-0.39, 0.29) is 6.10 Å². The number of morpholine rings is 1. The van der Waals surface area contributed by atoms with Crippen molar-refractivity contribution in [2.75, 3.05) is 44.2 Å². The summed E-state index contributed by atoms with van der Waals surface area (Å²) in [6.45, 7) is 9.82. The Labute approximate surface area is 147 Å². The maximum atomic E-state index is 5.98. The van der Waals surface area contributed by atoms with E-state index in [9.17, 15) is 0 Å². The van der Waals surface area contributed by atoms with Crippen molar-refractivity contribution in [2.45, 2.75) is 26.4 Å². The van der Waals surface area contributed by atoms with E-state index in [0.29, 0.717) is 0 Å². The highest BCUT2D eigenvalue weighted by Gasteiger charge is 2.23. The summed E-state index contributed by atoms with van der Waals surface area (Å²) < 4.78 is 5.98. The Kier molecular flexibility index (Phi) is 6.12. The van der Waals surface area contributed by atoms with E-state index >= 15 is 0 Å². The van der Waals surface area contributed by atoms with Crippen LogP contribution in [0.15, 0.2) is 23.8 Å². The quantitative estimate of drug-likeness (QED) is 0.764. The standard InChI is InChI=1S/C17H25N5OS/c1-3-22(17-5-4-7-19-20-17)12-15-11-21(9-10-23-15)8-6-16-14(2)18-13-24-16/h4-5,7,13,15H,3,6,8-12H2,1-2H3/t15-/m0/s1. The molecule has 0 radical (unpaired) electrons. The number of anilines is 1. The fourth-order valence-corrected chi connectivity index (χ4v) is 3.78. The first kappa shape index (κ1) is 17.3. The molecular formula is C17H25N5OS. The molecule has 0 aliphatic carbocycles. The largest absolute Gasteiger partial charge is 0.374 e. The van der Waals surface area contributed by atoms with Crippen LogP contribution in [0.3, 0.4) is 0 Å². The lowest BCUT2D eigenvalue weighted by molar-refractivity contribution is -0.0234. The van der Waals surface area contributed by atoms with Gasteiger partial charge >= 0.3 is 0 Å². The van der Waals surface area contributed by atoms with Crippen molar-refractivity contribution in [2.24, 2.45) is 0 Å². The van der Waals surface area contributed by atoms with Gasteiger partial charge in [0.25, 0.3) is 0 Å². The Morgan fingerprint density at radius 2 is 2.38 bits per heavy atom. The molecule has 0 unspecified atom stereocenters. The van der Waals surface area contributed by atoms with Gasteiger partial charge in [0.15, 0.2) is 5.82 Å². The molecule has 0 N–H and O–H groups in total. The van der Waals surface area contributed by atoms with Crippen molar-refractivity contribution in [3.05, 3.63) is 34.4 Å². The number of aromatic nitrogens is 3. The lowest BCUT2D eigenvalue weighted by atomic mass is 10.2. The van der Waals surface area contributed by atoms with Crippen molar-refractivity contribution in [3.63, 3.8) is 0 Å². The molecule has 1 fully saturated rings. The molecule has 1 atom stereocenters. The topological polar surface area (TPSA) is 54.4 Å². The third kappa shape index (κ3) is 4.49. The molecule has 2 aromatic heterocycles. The molecule has 0 saturated carbocycles. The van der Waals surface area contributed by atoms with Crippen LogP contribution in [0.5, 0.6) is 0 Å². The minimum absolute atomic E-state index is 0.211. The first-order chi connectivity index (χ1) is 11.8. The molecule has 6 nitrogen and oxygen atoms in total. The van der Waals surface area contributed by atoms with Gasteiger partial charge in [-0.05, 0) is 32.4 Å². The molecule has 7 heteroatoms. The van der Waals surface area contributed by atoms with Crippen LogP contribution in [0, 0.1) is 6.92 Å². The van der Waals surface area contributed by atoms with Crippen LogP contribution in [0.2, 0.25) is 0 Å². The summed E-state index contributed by atoms with van der Waals surface area (Å²) >= 11 is 1.76. The van der Waals surface area contributed by atoms with Crippen molar-refractivity contribution in [1.82, 2.24) is 20.1 Å². The number of ether oxygens (including phenoxy) is 1. The number of nitrogens with zero attached hydrogens (tertiary/aromatic N) is 5. The molecule has 2 aromatic rings. The summed E-state index contributed by atoms with van der Waals surface area (Å²) in [7, 11) is 0.